The van der Waals surface area contributed by atoms with E-state index in [2.05, 4.69) is 11.8 Å². The summed E-state index contributed by atoms with van der Waals surface area (Å²) in [4.78, 5) is 29.8. The van der Waals surface area contributed by atoms with Gasteiger partial charge in [0.05, 0.1) is 0 Å². The molecule has 27 heavy (non-hydrogen) atoms. The standard InChI is InChI=1S/C22H36N2O3/c1-15-13-16-7-5-6-8-18(16)24(15)19(25)17-14-22(17)9-11-23(12-10-22)20(26)27-21(2,3)4/h15-18H,5-14H2,1-4H3. The van der Waals surface area contributed by atoms with E-state index in [1.807, 2.05) is 25.7 Å². The largest absolute Gasteiger partial charge is 0.444 e. The zero-order chi connectivity index (χ0) is 19.4. The lowest BCUT2D eigenvalue weighted by Crippen LogP contribution is -2.46. The van der Waals surface area contributed by atoms with Crippen LogP contribution in [0, 0.1) is 17.3 Å². The lowest BCUT2D eigenvalue weighted by molar-refractivity contribution is -0.137. The molecule has 4 aliphatic rings. The summed E-state index contributed by atoms with van der Waals surface area (Å²) in [5.41, 5.74) is -0.297. The van der Waals surface area contributed by atoms with E-state index in [4.69, 9.17) is 4.74 Å². The van der Waals surface area contributed by atoms with E-state index in [1.54, 1.807) is 0 Å². The van der Waals surface area contributed by atoms with E-state index in [1.165, 1.54) is 32.1 Å². The SMILES string of the molecule is CC1CC2CCCCC2N1C(=O)C1CC12CCN(C(=O)OC(C)(C)C)CC2. The quantitative estimate of drug-likeness (QED) is 0.689. The number of carbonyl (C=O) groups is 2. The third kappa shape index (κ3) is 3.58. The van der Waals surface area contributed by atoms with Crippen LogP contribution in [0.15, 0.2) is 0 Å². The van der Waals surface area contributed by atoms with Crippen molar-refractivity contribution in [2.24, 2.45) is 17.3 Å². The molecule has 4 atom stereocenters. The minimum absolute atomic E-state index is 0.155. The van der Waals surface area contributed by atoms with Crippen molar-refractivity contribution in [2.45, 2.75) is 96.7 Å². The zero-order valence-electron chi connectivity index (χ0n) is 17.5. The molecule has 0 aromatic heterocycles. The summed E-state index contributed by atoms with van der Waals surface area (Å²) in [7, 11) is 0. The first-order chi connectivity index (χ1) is 12.7. The Morgan fingerprint density at radius 3 is 2.41 bits per heavy atom. The first kappa shape index (κ1) is 19.1. The Balaban J connectivity index is 1.34. The average molecular weight is 377 g/mol. The van der Waals surface area contributed by atoms with Crippen molar-refractivity contribution in [3.8, 4) is 0 Å². The van der Waals surface area contributed by atoms with Gasteiger partial charge in [-0.25, -0.2) is 4.79 Å². The van der Waals surface area contributed by atoms with Crippen LogP contribution in [0.3, 0.4) is 0 Å². The molecule has 0 radical (unpaired) electrons. The number of fused-ring (bicyclic) bond motifs is 1. The Bertz CT molecular complexity index is 603. The van der Waals surface area contributed by atoms with Gasteiger partial charge in [-0.05, 0) is 77.6 Å². The molecule has 0 aromatic rings. The second-order valence-corrected chi connectivity index (χ2v) is 10.5. The molecule has 2 saturated heterocycles. The number of piperidine rings is 1. The molecule has 4 unspecified atom stereocenters. The maximum Gasteiger partial charge on any atom is 0.410 e. The molecule has 2 amide bonds. The highest BCUT2D eigenvalue weighted by molar-refractivity contribution is 5.84. The molecule has 2 saturated carbocycles. The maximum atomic E-state index is 13.4. The number of amides is 2. The van der Waals surface area contributed by atoms with E-state index in [0.29, 0.717) is 18.0 Å². The van der Waals surface area contributed by atoms with E-state index >= 15 is 0 Å². The number of rotatable bonds is 1. The van der Waals surface area contributed by atoms with Crippen molar-refractivity contribution in [3.05, 3.63) is 0 Å². The second kappa shape index (κ2) is 6.66. The number of hydrogen-bond donors (Lipinski definition) is 0. The Kier molecular flexibility index (Phi) is 4.71. The van der Waals surface area contributed by atoms with E-state index in [9.17, 15) is 9.59 Å². The van der Waals surface area contributed by atoms with Gasteiger partial charge in [-0.1, -0.05) is 12.8 Å². The van der Waals surface area contributed by atoms with Crippen LogP contribution < -0.4 is 0 Å². The van der Waals surface area contributed by atoms with Crippen molar-refractivity contribution < 1.29 is 14.3 Å². The summed E-state index contributed by atoms with van der Waals surface area (Å²) < 4.78 is 5.51. The number of nitrogens with zero attached hydrogens (tertiary/aromatic N) is 2. The van der Waals surface area contributed by atoms with Crippen LogP contribution in [0.1, 0.15) is 79.1 Å². The average Bonchev–Trinajstić information content (AvgIpc) is 3.17. The first-order valence-electron chi connectivity index (χ1n) is 11.0. The predicted octanol–water partition coefficient (Wildman–Crippen LogP) is 4.20. The molecule has 0 bridgehead atoms. The van der Waals surface area contributed by atoms with Gasteiger partial charge in [0.1, 0.15) is 5.60 Å². The summed E-state index contributed by atoms with van der Waals surface area (Å²) in [5, 5.41) is 0. The van der Waals surface area contributed by atoms with Crippen LogP contribution in [0.5, 0.6) is 0 Å². The van der Waals surface area contributed by atoms with Crippen molar-refractivity contribution >= 4 is 12.0 Å². The molecular formula is C22H36N2O3. The molecule has 2 heterocycles. The van der Waals surface area contributed by atoms with Gasteiger partial charge >= 0.3 is 6.09 Å². The van der Waals surface area contributed by atoms with Gasteiger partial charge in [0.15, 0.2) is 0 Å². The highest BCUT2D eigenvalue weighted by Crippen LogP contribution is 2.61. The monoisotopic (exact) mass is 376 g/mol. The fraction of sp³-hybridized carbons (Fsp3) is 0.909. The normalized spacial score (nSPS) is 35.1. The van der Waals surface area contributed by atoms with Crippen LogP contribution >= 0.6 is 0 Å². The Morgan fingerprint density at radius 2 is 1.74 bits per heavy atom. The molecule has 2 aliphatic heterocycles. The van der Waals surface area contributed by atoms with Crippen LogP contribution in [0.2, 0.25) is 0 Å². The van der Waals surface area contributed by atoms with Crippen molar-refractivity contribution in [3.63, 3.8) is 0 Å². The van der Waals surface area contributed by atoms with Gasteiger partial charge in [0, 0.05) is 31.1 Å². The third-order valence-corrected chi connectivity index (χ3v) is 7.50. The molecule has 5 heteroatoms. The lowest BCUT2D eigenvalue weighted by Gasteiger charge is -2.36. The summed E-state index contributed by atoms with van der Waals surface area (Å²) in [5.74, 6) is 1.35. The first-order valence-corrected chi connectivity index (χ1v) is 11.0. The minimum atomic E-state index is -0.452. The van der Waals surface area contributed by atoms with Crippen LogP contribution in [-0.4, -0.2) is 52.6 Å². The fourth-order valence-corrected chi connectivity index (χ4v) is 5.98. The number of likely N-dealkylation sites (tertiary alicyclic amines) is 2. The Hall–Kier alpha value is -1.26. The molecule has 2 aliphatic carbocycles. The van der Waals surface area contributed by atoms with Crippen LogP contribution in [0.4, 0.5) is 4.79 Å². The molecule has 1 spiro atoms. The number of ether oxygens (including phenoxy) is 1. The summed E-state index contributed by atoms with van der Waals surface area (Å²) in [6.45, 7) is 9.40. The van der Waals surface area contributed by atoms with Gasteiger partial charge in [0.25, 0.3) is 0 Å². The number of carbonyl (C=O) groups excluding carboxylic acids is 2. The lowest BCUT2D eigenvalue weighted by atomic mass is 9.84. The van der Waals surface area contributed by atoms with Gasteiger partial charge in [-0.3, -0.25) is 4.79 Å². The van der Waals surface area contributed by atoms with E-state index in [0.717, 1.165) is 38.3 Å². The number of hydrogen-bond acceptors (Lipinski definition) is 3. The van der Waals surface area contributed by atoms with Gasteiger partial charge < -0.3 is 14.5 Å². The summed E-state index contributed by atoms with van der Waals surface area (Å²) in [6, 6.07) is 0.908. The highest BCUT2D eigenvalue weighted by atomic mass is 16.6. The van der Waals surface area contributed by atoms with Gasteiger partial charge in [0.2, 0.25) is 5.91 Å². The molecule has 0 N–H and O–H groups in total. The second-order valence-electron chi connectivity index (χ2n) is 10.5. The van der Waals surface area contributed by atoms with Gasteiger partial charge in [-0.2, -0.15) is 0 Å². The third-order valence-electron chi connectivity index (χ3n) is 7.50. The van der Waals surface area contributed by atoms with Gasteiger partial charge in [-0.15, -0.1) is 0 Å². The van der Waals surface area contributed by atoms with Crippen molar-refractivity contribution in [1.82, 2.24) is 9.80 Å². The molecule has 4 fully saturated rings. The smallest absolute Gasteiger partial charge is 0.410 e. The molecular weight excluding hydrogens is 340 g/mol. The van der Waals surface area contributed by atoms with Crippen LogP contribution in [0.25, 0.3) is 0 Å². The Morgan fingerprint density at radius 1 is 1.07 bits per heavy atom. The van der Waals surface area contributed by atoms with Crippen molar-refractivity contribution in [2.75, 3.05) is 13.1 Å². The highest BCUT2D eigenvalue weighted by Gasteiger charge is 2.61. The Labute approximate surface area is 163 Å². The molecule has 0 aromatic carbocycles. The topological polar surface area (TPSA) is 49.9 Å². The summed E-state index contributed by atoms with van der Waals surface area (Å²) >= 11 is 0. The minimum Gasteiger partial charge on any atom is -0.444 e. The van der Waals surface area contributed by atoms with Crippen LogP contribution in [-0.2, 0) is 9.53 Å². The predicted molar refractivity (Wildman–Crippen MR) is 104 cm³/mol. The fourth-order valence-electron chi connectivity index (χ4n) is 5.98. The maximum absolute atomic E-state index is 13.4. The zero-order valence-corrected chi connectivity index (χ0v) is 17.5. The molecule has 152 valence electrons. The van der Waals surface area contributed by atoms with E-state index in [-0.39, 0.29) is 17.4 Å². The molecule has 5 nitrogen and oxygen atoms in total. The molecule has 4 rings (SSSR count). The van der Waals surface area contributed by atoms with Crippen molar-refractivity contribution in [1.29, 1.82) is 0 Å². The summed E-state index contributed by atoms with van der Waals surface area (Å²) in [6.07, 6.45) is 9.02. The van der Waals surface area contributed by atoms with E-state index < -0.39 is 5.60 Å².